The van der Waals surface area contributed by atoms with Crippen LogP contribution in [0, 0.1) is 0 Å². The third-order valence-electron chi connectivity index (χ3n) is 1.78. The van der Waals surface area contributed by atoms with E-state index in [2.05, 4.69) is 12.6 Å². The molecule has 0 unspecified atom stereocenters. The lowest BCUT2D eigenvalue weighted by Gasteiger charge is -2.07. The lowest BCUT2D eigenvalue weighted by Crippen LogP contribution is -2.11. The summed E-state index contributed by atoms with van der Waals surface area (Å²) in [5.41, 5.74) is 6.87. The van der Waals surface area contributed by atoms with Crippen molar-refractivity contribution in [2.75, 3.05) is 5.75 Å². The summed E-state index contributed by atoms with van der Waals surface area (Å²) in [6.45, 7) is 0. The SMILES string of the molecule is N[C@H](CS)c1ccc(C(=O)O)cc1. The van der Waals surface area contributed by atoms with Gasteiger partial charge in [0.1, 0.15) is 0 Å². The number of nitrogens with two attached hydrogens (primary N) is 1. The van der Waals surface area contributed by atoms with E-state index in [4.69, 9.17) is 10.8 Å². The van der Waals surface area contributed by atoms with Gasteiger partial charge in [-0.3, -0.25) is 0 Å². The Kier molecular flexibility index (Phi) is 3.33. The van der Waals surface area contributed by atoms with Gasteiger partial charge in [-0.25, -0.2) is 4.79 Å². The summed E-state index contributed by atoms with van der Waals surface area (Å²) in [7, 11) is 0. The van der Waals surface area contributed by atoms with Crippen molar-refractivity contribution >= 4 is 18.6 Å². The predicted molar refractivity (Wildman–Crippen MR) is 54.2 cm³/mol. The summed E-state index contributed by atoms with van der Waals surface area (Å²) in [6, 6.07) is 6.38. The van der Waals surface area contributed by atoms with Crippen molar-refractivity contribution in [1.82, 2.24) is 0 Å². The van der Waals surface area contributed by atoms with Crippen molar-refractivity contribution in [2.24, 2.45) is 5.73 Å². The molecule has 1 aromatic carbocycles. The minimum absolute atomic E-state index is 0.133. The average molecular weight is 197 g/mol. The molecule has 0 amide bonds. The zero-order valence-electron chi connectivity index (χ0n) is 6.97. The van der Waals surface area contributed by atoms with Gasteiger partial charge in [-0.15, -0.1) is 0 Å². The van der Waals surface area contributed by atoms with Gasteiger partial charge in [0.05, 0.1) is 5.56 Å². The molecular weight excluding hydrogens is 186 g/mol. The van der Waals surface area contributed by atoms with Crippen LogP contribution in [0.3, 0.4) is 0 Å². The van der Waals surface area contributed by atoms with Crippen LogP contribution < -0.4 is 5.73 Å². The summed E-state index contributed by atoms with van der Waals surface area (Å²) in [4.78, 5) is 10.5. The average Bonchev–Trinajstić information content (AvgIpc) is 2.17. The Morgan fingerprint density at radius 2 is 2.00 bits per heavy atom. The van der Waals surface area contributed by atoms with Gasteiger partial charge < -0.3 is 10.8 Å². The number of aromatic carboxylic acids is 1. The largest absolute Gasteiger partial charge is 0.478 e. The summed E-state index contributed by atoms with van der Waals surface area (Å²) >= 11 is 4.05. The third-order valence-corrected chi connectivity index (χ3v) is 2.18. The van der Waals surface area contributed by atoms with Crippen molar-refractivity contribution in [1.29, 1.82) is 0 Å². The Balaban J connectivity index is 2.87. The minimum atomic E-state index is -0.925. The topological polar surface area (TPSA) is 63.3 Å². The molecular formula is C9H11NO2S. The molecule has 0 aliphatic carbocycles. The second-order valence-electron chi connectivity index (χ2n) is 2.72. The molecule has 0 radical (unpaired) electrons. The van der Waals surface area contributed by atoms with Crippen LogP contribution in [0.25, 0.3) is 0 Å². The summed E-state index contributed by atoms with van der Waals surface area (Å²) < 4.78 is 0. The van der Waals surface area contributed by atoms with E-state index in [0.29, 0.717) is 5.75 Å². The van der Waals surface area contributed by atoms with Crippen molar-refractivity contribution in [3.63, 3.8) is 0 Å². The van der Waals surface area contributed by atoms with Crippen molar-refractivity contribution in [3.8, 4) is 0 Å². The van der Waals surface area contributed by atoms with E-state index in [1.165, 1.54) is 0 Å². The molecule has 1 aromatic rings. The Morgan fingerprint density at radius 1 is 1.46 bits per heavy atom. The maximum Gasteiger partial charge on any atom is 0.335 e. The molecule has 0 heterocycles. The second kappa shape index (κ2) is 4.30. The van der Waals surface area contributed by atoms with Crippen LogP contribution in [0.15, 0.2) is 24.3 Å². The van der Waals surface area contributed by atoms with E-state index >= 15 is 0 Å². The van der Waals surface area contributed by atoms with Crippen molar-refractivity contribution in [3.05, 3.63) is 35.4 Å². The lowest BCUT2D eigenvalue weighted by molar-refractivity contribution is 0.0697. The second-order valence-corrected chi connectivity index (χ2v) is 3.08. The van der Waals surface area contributed by atoms with Gasteiger partial charge in [-0.2, -0.15) is 12.6 Å². The Labute approximate surface area is 82.0 Å². The quantitative estimate of drug-likeness (QED) is 0.640. The summed E-state index contributed by atoms with van der Waals surface area (Å²) in [5.74, 6) is -0.377. The Bertz CT molecular complexity index is 297. The fourth-order valence-electron chi connectivity index (χ4n) is 0.978. The van der Waals surface area contributed by atoms with E-state index in [0.717, 1.165) is 5.56 Å². The van der Waals surface area contributed by atoms with Crippen LogP contribution in [-0.4, -0.2) is 16.8 Å². The molecule has 0 saturated heterocycles. The molecule has 4 heteroatoms. The molecule has 0 saturated carbocycles. The molecule has 70 valence electrons. The number of rotatable bonds is 3. The van der Waals surface area contributed by atoms with Crippen molar-refractivity contribution in [2.45, 2.75) is 6.04 Å². The maximum absolute atomic E-state index is 10.5. The van der Waals surface area contributed by atoms with Crippen LogP contribution in [0.2, 0.25) is 0 Å². The molecule has 0 aromatic heterocycles. The number of thiol groups is 1. The first-order chi connectivity index (χ1) is 6.15. The van der Waals surface area contributed by atoms with E-state index in [9.17, 15) is 4.79 Å². The number of benzene rings is 1. The third kappa shape index (κ3) is 2.47. The molecule has 0 spiro atoms. The van der Waals surface area contributed by atoms with Crippen LogP contribution >= 0.6 is 12.6 Å². The highest BCUT2D eigenvalue weighted by Crippen LogP contribution is 2.12. The molecule has 13 heavy (non-hydrogen) atoms. The van der Waals surface area contributed by atoms with Gasteiger partial charge in [0.25, 0.3) is 0 Å². The number of hydrogen-bond donors (Lipinski definition) is 3. The zero-order valence-corrected chi connectivity index (χ0v) is 7.87. The highest BCUT2D eigenvalue weighted by molar-refractivity contribution is 7.80. The maximum atomic E-state index is 10.5. The highest BCUT2D eigenvalue weighted by Gasteiger charge is 2.05. The van der Waals surface area contributed by atoms with Gasteiger partial charge in [0, 0.05) is 11.8 Å². The van der Waals surface area contributed by atoms with Gasteiger partial charge in [-0.1, -0.05) is 12.1 Å². The zero-order chi connectivity index (χ0) is 9.84. The van der Waals surface area contributed by atoms with E-state index in [1.807, 2.05) is 0 Å². The van der Waals surface area contributed by atoms with E-state index in [-0.39, 0.29) is 11.6 Å². The highest BCUT2D eigenvalue weighted by atomic mass is 32.1. The fraction of sp³-hybridized carbons (Fsp3) is 0.222. The number of carboxylic acid groups (broad SMARTS) is 1. The fourth-order valence-corrected chi connectivity index (χ4v) is 1.19. The van der Waals surface area contributed by atoms with E-state index < -0.39 is 5.97 Å². The monoisotopic (exact) mass is 197 g/mol. The molecule has 0 aliphatic heterocycles. The lowest BCUT2D eigenvalue weighted by atomic mass is 10.1. The van der Waals surface area contributed by atoms with Gasteiger partial charge in [0.15, 0.2) is 0 Å². The first kappa shape index (κ1) is 10.1. The summed E-state index contributed by atoms with van der Waals surface area (Å²) in [5, 5.41) is 8.63. The molecule has 3 nitrogen and oxygen atoms in total. The van der Waals surface area contributed by atoms with Crippen LogP contribution in [0.1, 0.15) is 22.0 Å². The number of hydrogen-bond acceptors (Lipinski definition) is 3. The van der Waals surface area contributed by atoms with E-state index in [1.54, 1.807) is 24.3 Å². The molecule has 1 rings (SSSR count). The first-order valence-corrected chi connectivity index (χ1v) is 4.48. The Hall–Kier alpha value is -1.00. The molecule has 0 bridgehead atoms. The standard InChI is InChI=1S/C9H11NO2S/c10-8(5-13)6-1-3-7(4-2-6)9(11)12/h1-4,8,13H,5,10H2,(H,11,12)/t8-/m1/s1. The first-order valence-electron chi connectivity index (χ1n) is 3.85. The van der Waals surface area contributed by atoms with Gasteiger partial charge >= 0.3 is 5.97 Å². The Morgan fingerprint density at radius 3 is 2.38 bits per heavy atom. The predicted octanol–water partition coefficient (Wildman–Crippen LogP) is 1.31. The van der Waals surface area contributed by atoms with Crippen LogP contribution in [0.5, 0.6) is 0 Å². The van der Waals surface area contributed by atoms with Crippen LogP contribution in [-0.2, 0) is 0 Å². The molecule has 3 N–H and O–H groups in total. The minimum Gasteiger partial charge on any atom is -0.478 e. The smallest absolute Gasteiger partial charge is 0.335 e. The summed E-state index contributed by atoms with van der Waals surface area (Å²) in [6.07, 6.45) is 0. The molecule has 0 fully saturated rings. The molecule has 0 aliphatic rings. The van der Waals surface area contributed by atoms with Crippen LogP contribution in [0.4, 0.5) is 0 Å². The number of carbonyl (C=O) groups is 1. The van der Waals surface area contributed by atoms with Gasteiger partial charge in [0.2, 0.25) is 0 Å². The normalized spacial score (nSPS) is 12.5. The number of carboxylic acids is 1. The van der Waals surface area contributed by atoms with Crippen molar-refractivity contribution < 1.29 is 9.90 Å². The van der Waals surface area contributed by atoms with Gasteiger partial charge in [-0.05, 0) is 17.7 Å². The molecule has 1 atom stereocenters.